The Balaban J connectivity index is 1.97. The van der Waals surface area contributed by atoms with Crippen LogP contribution in [-0.2, 0) is 11.3 Å². The van der Waals surface area contributed by atoms with Crippen LogP contribution in [0.4, 0.5) is 4.39 Å². The molecule has 7 heteroatoms. The summed E-state index contributed by atoms with van der Waals surface area (Å²) >= 11 is 1.47. The molecule has 0 bridgehead atoms. The molecule has 1 aromatic carbocycles. The predicted molar refractivity (Wildman–Crippen MR) is 88.0 cm³/mol. The number of hydrogen-bond acceptors (Lipinski definition) is 6. The van der Waals surface area contributed by atoms with Gasteiger partial charge in [-0.15, -0.1) is 11.3 Å². The van der Waals surface area contributed by atoms with Crippen molar-refractivity contribution in [2.45, 2.75) is 27.4 Å². The van der Waals surface area contributed by atoms with Crippen molar-refractivity contribution in [2.75, 3.05) is 6.61 Å². The number of thiazole rings is 1. The fourth-order valence-electron chi connectivity index (χ4n) is 2.41. The number of carbonyl (C=O) groups excluding carboxylic acids is 1. The van der Waals surface area contributed by atoms with E-state index in [1.54, 1.807) is 25.4 Å². The van der Waals surface area contributed by atoms with Crippen LogP contribution in [0.25, 0.3) is 11.0 Å². The van der Waals surface area contributed by atoms with Gasteiger partial charge in [0.05, 0.1) is 22.7 Å². The molecule has 0 saturated heterocycles. The van der Waals surface area contributed by atoms with E-state index < -0.39 is 11.8 Å². The average Bonchev–Trinajstić information content (AvgIpc) is 3.08. The number of aryl methyl sites for hydroxylation is 2. The third kappa shape index (κ3) is 2.99. The first-order valence-corrected chi connectivity index (χ1v) is 8.30. The highest BCUT2D eigenvalue weighted by Crippen LogP contribution is 2.32. The molecule has 0 spiro atoms. The van der Waals surface area contributed by atoms with Gasteiger partial charge in [-0.1, -0.05) is 0 Å². The standard InChI is InChI=1S/C17H16FNO4S/c1-4-21-17(20)15-10(3)23-16-12(15)5-11(6-13(16)18)22-7-14-9(2)19-8-24-14/h5-6,8H,4,7H2,1-3H3. The molecule has 0 unspecified atom stereocenters. The Labute approximate surface area is 142 Å². The van der Waals surface area contributed by atoms with Crippen molar-refractivity contribution in [2.24, 2.45) is 0 Å². The van der Waals surface area contributed by atoms with Crippen LogP contribution in [0.3, 0.4) is 0 Å². The van der Waals surface area contributed by atoms with Crippen LogP contribution in [-0.4, -0.2) is 17.6 Å². The maximum atomic E-state index is 14.3. The number of benzene rings is 1. The summed E-state index contributed by atoms with van der Waals surface area (Å²) in [7, 11) is 0. The Kier molecular flexibility index (Phi) is 4.53. The van der Waals surface area contributed by atoms with Crippen LogP contribution in [0.15, 0.2) is 22.1 Å². The molecule has 2 aromatic heterocycles. The molecule has 3 rings (SSSR count). The Bertz CT molecular complexity index is 900. The van der Waals surface area contributed by atoms with Crippen LogP contribution < -0.4 is 4.74 Å². The SMILES string of the molecule is CCOC(=O)c1c(C)oc2c(F)cc(OCc3scnc3C)cc12. The number of aromatic nitrogens is 1. The van der Waals surface area contributed by atoms with E-state index in [-0.39, 0.29) is 24.4 Å². The first kappa shape index (κ1) is 16.4. The second kappa shape index (κ2) is 6.60. The number of fused-ring (bicyclic) bond motifs is 1. The number of furan rings is 1. The van der Waals surface area contributed by atoms with Gasteiger partial charge in [0.2, 0.25) is 0 Å². The van der Waals surface area contributed by atoms with Gasteiger partial charge in [0.15, 0.2) is 11.4 Å². The van der Waals surface area contributed by atoms with Crippen molar-refractivity contribution in [3.05, 3.63) is 45.4 Å². The highest BCUT2D eigenvalue weighted by Gasteiger charge is 2.22. The third-order valence-corrected chi connectivity index (χ3v) is 4.50. The molecule has 0 aliphatic rings. The largest absolute Gasteiger partial charge is 0.488 e. The minimum absolute atomic E-state index is 0.0249. The minimum Gasteiger partial charge on any atom is -0.488 e. The number of halogens is 1. The Morgan fingerprint density at radius 1 is 1.38 bits per heavy atom. The molecule has 5 nitrogen and oxygen atoms in total. The van der Waals surface area contributed by atoms with Crippen molar-refractivity contribution in [3.8, 4) is 5.75 Å². The van der Waals surface area contributed by atoms with E-state index >= 15 is 0 Å². The van der Waals surface area contributed by atoms with Gasteiger partial charge in [-0.2, -0.15) is 0 Å². The van der Waals surface area contributed by atoms with Crippen LogP contribution in [0.2, 0.25) is 0 Å². The average molecular weight is 349 g/mol. The maximum Gasteiger partial charge on any atom is 0.342 e. The molecule has 0 amide bonds. The quantitative estimate of drug-likeness (QED) is 0.639. The van der Waals surface area contributed by atoms with Crippen molar-refractivity contribution in [1.29, 1.82) is 0 Å². The highest BCUT2D eigenvalue weighted by atomic mass is 32.1. The number of ether oxygens (including phenoxy) is 2. The van der Waals surface area contributed by atoms with Gasteiger partial charge in [-0.05, 0) is 26.8 Å². The molecule has 0 radical (unpaired) electrons. The number of rotatable bonds is 5. The molecule has 24 heavy (non-hydrogen) atoms. The number of esters is 1. The molecule has 2 heterocycles. The van der Waals surface area contributed by atoms with E-state index in [1.807, 2.05) is 6.92 Å². The fraction of sp³-hybridized carbons (Fsp3) is 0.294. The Morgan fingerprint density at radius 2 is 2.17 bits per heavy atom. The van der Waals surface area contributed by atoms with Crippen LogP contribution in [0, 0.1) is 19.7 Å². The van der Waals surface area contributed by atoms with Gasteiger partial charge in [0.1, 0.15) is 23.7 Å². The maximum absolute atomic E-state index is 14.3. The van der Waals surface area contributed by atoms with Gasteiger partial charge >= 0.3 is 5.97 Å². The van der Waals surface area contributed by atoms with E-state index in [0.29, 0.717) is 16.9 Å². The van der Waals surface area contributed by atoms with Crippen molar-refractivity contribution in [3.63, 3.8) is 0 Å². The van der Waals surface area contributed by atoms with Gasteiger partial charge in [0.25, 0.3) is 0 Å². The monoisotopic (exact) mass is 349 g/mol. The van der Waals surface area contributed by atoms with Crippen LogP contribution in [0.5, 0.6) is 5.75 Å². The zero-order valence-electron chi connectivity index (χ0n) is 13.5. The molecular weight excluding hydrogens is 333 g/mol. The van der Waals surface area contributed by atoms with E-state index in [0.717, 1.165) is 10.6 Å². The third-order valence-electron chi connectivity index (χ3n) is 3.59. The van der Waals surface area contributed by atoms with Crippen LogP contribution >= 0.6 is 11.3 Å². The molecule has 0 fully saturated rings. The Hall–Kier alpha value is -2.41. The normalized spacial score (nSPS) is 11.0. The summed E-state index contributed by atoms with van der Waals surface area (Å²) in [6, 6.07) is 2.84. The van der Waals surface area contributed by atoms with Crippen molar-refractivity contribution >= 4 is 28.3 Å². The zero-order chi connectivity index (χ0) is 17.3. The predicted octanol–water partition coefficient (Wildman–Crippen LogP) is 4.40. The highest BCUT2D eigenvalue weighted by molar-refractivity contribution is 7.09. The molecule has 0 aliphatic carbocycles. The van der Waals surface area contributed by atoms with E-state index in [9.17, 15) is 9.18 Å². The summed E-state index contributed by atoms with van der Waals surface area (Å²) in [5, 5.41) is 0.349. The lowest BCUT2D eigenvalue weighted by molar-refractivity contribution is 0.0526. The van der Waals surface area contributed by atoms with Crippen LogP contribution in [0.1, 0.15) is 33.6 Å². The zero-order valence-corrected chi connectivity index (χ0v) is 14.3. The number of nitrogens with zero attached hydrogens (tertiary/aromatic N) is 1. The molecule has 3 aromatic rings. The van der Waals surface area contributed by atoms with Gasteiger partial charge in [-0.25, -0.2) is 14.2 Å². The molecule has 0 saturated carbocycles. The second-order valence-electron chi connectivity index (χ2n) is 5.19. The van der Waals surface area contributed by atoms with E-state index in [2.05, 4.69) is 4.98 Å². The summed E-state index contributed by atoms with van der Waals surface area (Å²) in [5.74, 6) is -0.484. The molecule has 0 N–H and O–H groups in total. The lowest BCUT2D eigenvalue weighted by Crippen LogP contribution is -2.05. The van der Waals surface area contributed by atoms with E-state index in [4.69, 9.17) is 13.9 Å². The van der Waals surface area contributed by atoms with E-state index in [1.165, 1.54) is 17.4 Å². The second-order valence-corrected chi connectivity index (χ2v) is 6.12. The lowest BCUT2D eigenvalue weighted by Gasteiger charge is -2.06. The minimum atomic E-state index is -0.581. The summed E-state index contributed by atoms with van der Waals surface area (Å²) < 4.78 is 30.4. The van der Waals surface area contributed by atoms with Gasteiger partial charge < -0.3 is 13.9 Å². The molecular formula is C17H16FNO4S. The molecule has 0 aliphatic heterocycles. The first-order valence-electron chi connectivity index (χ1n) is 7.42. The lowest BCUT2D eigenvalue weighted by atomic mass is 10.1. The molecule has 0 atom stereocenters. The topological polar surface area (TPSA) is 61.6 Å². The number of carbonyl (C=O) groups is 1. The van der Waals surface area contributed by atoms with Gasteiger partial charge in [-0.3, -0.25) is 0 Å². The van der Waals surface area contributed by atoms with Crippen molar-refractivity contribution < 1.29 is 23.1 Å². The summed E-state index contributed by atoms with van der Waals surface area (Å²) in [4.78, 5) is 17.2. The summed E-state index contributed by atoms with van der Waals surface area (Å²) in [5.41, 5.74) is 2.87. The summed E-state index contributed by atoms with van der Waals surface area (Å²) in [6.07, 6.45) is 0. The molecule has 126 valence electrons. The Morgan fingerprint density at radius 3 is 2.83 bits per heavy atom. The first-order chi connectivity index (χ1) is 11.5. The van der Waals surface area contributed by atoms with Crippen molar-refractivity contribution in [1.82, 2.24) is 4.98 Å². The smallest absolute Gasteiger partial charge is 0.342 e. The number of hydrogen-bond donors (Lipinski definition) is 0. The van der Waals surface area contributed by atoms with Gasteiger partial charge in [0, 0.05) is 11.5 Å². The fourth-order valence-corrected chi connectivity index (χ4v) is 3.09. The summed E-state index contributed by atoms with van der Waals surface area (Å²) in [6.45, 7) is 5.72.